The van der Waals surface area contributed by atoms with E-state index in [4.69, 9.17) is 0 Å². The molecule has 1 saturated heterocycles. The van der Waals surface area contributed by atoms with Gasteiger partial charge in [-0.3, -0.25) is 9.89 Å². The van der Waals surface area contributed by atoms with Gasteiger partial charge in [-0.15, -0.1) is 35.3 Å². The lowest BCUT2D eigenvalue weighted by Gasteiger charge is -2.38. The molecule has 0 radical (unpaired) electrons. The Labute approximate surface area is 203 Å². The zero-order chi connectivity index (χ0) is 20.6. The molecule has 30 heavy (non-hydrogen) atoms. The molecule has 1 aromatic heterocycles. The average Bonchev–Trinajstić information content (AvgIpc) is 3.24. The average molecular weight is 542 g/mol. The molecule has 7 heteroatoms. The maximum Gasteiger partial charge on any atom is 0.191 e. The number of halogens is 1. The van der Waals surface area contributed by atoms with Crippen molar-refractivity contribution in [3.63, 3.8) is 0 Å². The van der Waals surface area contributed by atoms with Crippen molar-refractivity contribution in [2.45, 2.75) is 44.4 Å². The van der Waals surface area contributed by atoms with Crippen LogP contribution in [-0.4, -0.2) is 62.1 Å². The van der Waals surface area contributed by atoms with Crippen LogP contribution in [0, 0.1) is 0 Å². The van der Waals surface area contributed by atoms with Crippen LogP contribution in [-0.2, 0) is 6.54 Å². The molecule has 2 N–H and O–H groups in total. The van der Waals surface area contributed by atoms with Gasteiger partial charge in [-0.1, -0.05) is 36.4 Å². The normalized spacial score (nSPS) is 21.2. The molecular formula is C23H36IN5S. The highest BCUT2D eigenvalue weighted by Crippen LogP contribution is 2.23. The summed E-state index contributed by atoms with van der Waals surface area (Å²) in [6.07, 6.45) is 2.27. The monoisotopic (exact) mass is 541 g/mol. The summed E-state index contributed by atoms with van der Waals surface area (Å²) in [4.78, 5) is 10.7. The topological polar surface area (TPSA) is 42.9 Å². The second kappa shape index (κ2) is 12.6. The molecule has 3 unspecified atom stereocenters. The lowest BCUT2D eigenvalue weighted by Crippen LogP contribution is -2.52. The zero-order valence-electron chi connectivity index (χ0n) is 18.5. The van der Waals surface area contributed by atoms with E-state index in [0.29, 0.717) is 18.1 Å². The van der Waals surface area contributed by atoms with Crippen LogP contribution in [0.25, 0.3) is 0 Å². The number of guanidine groups is 1. The van der Waals surface area contributed by atoms with Gasteiger partial charge in [0.25, 0.3) is 0 Å². The lowest BCUT2D eigenvalue weighted by molar-refractivity contribution is 0.134. The first-order valence-corrected chi connectivity index (χ1v) is 11.4. The van der Waals surface area contributed by atoms with Gasteiger partial charge in [0.1, 0.15) is 0 Å². The molecule has 2 heterocycles. The van der Waals surface area contributed by atoms with E-state index < -0.39 is 0 Å². The van der Waals surface area contributed by atoms with Crippen molar-refractivity contribution < 1.29 is 0 Å². The lowest BCUT2D eigenvalue weighted by atomic mass is 9.97. The van der Waals surface area contributed by atoms with Gasteiger partial charge in [-0.25, -0.2) is 0 Å². The van der Waals surface area contributed by atoms with Gasteiger partial charge in [0.05, 0.1) is 6.04 Å². The Morgan fingerprint density at radius 1 is 1.23 bits per heavy atom. The van der Waals surface area contributed by atoms with Gasteiger partial charge >= 0.3 is 0 Å². The van der Waals surface area contributed by atoms with Crippen LogP contribution in [0.4, 0.5) is 0 Å². The summed E-state index contributed by atoms with van der Waals surface area (Å²) in [7, 11) is 6.12. The Hall–Kier alpha value is -1.16. The number of nitrogens with one attached hydrogen (secondary N) is 2. The number of hydrogen-bond donors (Lipinski definition) is 2. The van der Waals surface area contributed by atoms with Crippen molar-refractivity contribution >= 4 is 41.3 Å². The van der Waals surface area contributed by atoms with E-state index in [2.05, 4.69) is 94.3 Å². The predicted molar refractivity (Wildman–Crippen MR) is 140 cm³/mol. The molecule has 3 rings (SSSR count). The molecule has 1 aromatic carbocycles. The van der Waals surface area contributed by atoms with Crippen LogP contribution in [0.5, 0.6) is 0 Å². The number of aliphatic imine (C=N–C) groups is 1. The summed E-state index contributed by atoms with van der Waals surface area (Å²) >= 11 is 1.81. The maximum absolute atomic E-state index is 4.47. The summed E-state index contributed by atoms with van der Waals surface area (Å²) in [5.41, 5.74) is 1.39. The highest BCUT2D eigenvalue weighted by Gasteiger charge is 2.26. The van der Waals surface area contributed by atoms with E-state index in [1.807, 2.05) is 18.4 Å². The first kappa shape index (κ1) is 25.1. The second-order valence-electron chi connectivity index (χ2n) is 8.12. The minimum absolute atomic E-state index is 0. The van der Waals surface area contributed by atoms with E-state index in [9.17, 15) is 0 Å². The van der Waals surface area contributed by atoms with Crippen molar-refractivity contribution in [1.82, 2.24) is 20.4 Å². The molecule has 0 amide bonds. The number of likely N-dealkylation sites (N-methyl/N-ethyl adjacent to an activating group) is 1. The third-order valence-corrected chi connectivity index (χ3v) is 6.74. The third kappa shape index (κ3) is 7.21. The van der Waals surface area contributed by atoms with Gasteiger partial charge in [-0.2, -0.15) is 0 Å². The number of likely N-dealkylation sites (tertiary alicyclic amines) is 1. The van der Waals surface area contributed by atoms with Crippen molar-refractivity contribution in [2.24, 2.45) is 4.99 Å². The fraction of sp³-hybridized carbons (Fsp3) is 0.522. The van der Waals surface area contributed by atoms with Crippen LogP contribution in [0.2, 0.25) is 0 Å². The molecule has 3 atom stereocenters. The van der Waals surface area contributed by atoms with E-state index in [1.54, 1.807) is 0 Å². The Morgan fingerprint density at radius 3 is 2.60 bits per heavy atom. The molecule has 2 aromatic rings. The highest BCUT2D eigenvalue weighted by atomic mass is 127. The largest absolute Gasteiger partial charge is 0.354 e. The first-order chi connectivity index (χ1) is 14.1. The van der Waals surface area contributed by atoms with Crippen LogP contribution in [0.15, 0.2) is 52.8 Å². The molecule has 5 nitrogen and oxygen atoms in total. The summed E-state index contributed by atoms with van der Waals surface area (Å²) in [6, 6.07) is 16.5. The Kier molecular flexibility index (Phi) is 10.6. The number of hydrogen-bond acceptors (Lipinski definition) is 4. The molecule has 0 saturated carbocycles. The summed E-state index contributed by atoms with van der Waals surface area (Å²) in [5.74, 6) is 0.905. The standard InChI is InChI=1S/C23H35N5S.HI/c1-18-15-20(12-13-28(18)17-19-9-6-5-7-10-19)26-23(24-2)25-16-21(27(3)4)22-11-8-14-29-22;/h5-11,14,18,20-21H,12-13,15-17H2,1-4H3,(H2,24,25,26);1H. The van der Waals surface area contributed by atoms with Gasteiger partial charge in [0, 0.05) is 43.6 Å². The van der Waals surface area contributed by atoms with Crippen LogP contribution in [0.3, 0.4) is 0 Å². The van der Waals surface area contributed by atoms with E-state index in [-0.39, 0.29) is 24.0 Å². The summed E-state index contributed by atoms with van der Waals surface area (Å²) in [5, 5.41) is 9.34. The second-order valence-corrected chi connectivity index (χ2v) is 9.10. The van der Waals surface area contributed by atoms with Crippen LogP contribution >= 0.6 is 35.3 Å². The summed E-state index contributed by atoms with van der Waals surface area (Å²) < 4.78 is 0. The molecule has 0 spiro atoms. The van der Waals surface area contributed by atoms with Gasteiger partial charge in [-0.05, 0) is 50.9 Å². The fourth-order valence-corrected chi connectivity index (χ4v) is 4.93. The Balaban J connectivity index is 0.00000320. The highest BCUT2D eigenvalue weighted by molar-refractivity contribution is 14.0. The third-order valence-electron chi connectivity index (χ3n) is 5.76. The number of benzene rings is 1. The number of rotatable bonds is 7. The van der Waals surface area contributed by atoms with Gasteiger partial charge in [0.15, 0.2) is 5.96 Å². The molecular weight excluding hydrogens is 505 g/mol. The minimum Gasteiger partial charge on any atom is -0.354 e. The zero-order valence-corrected chi connectivity index (χ0v) is 21.7. The SMILES string of the molecule is CN=C(NCC(c1cccs1)N(C)C)NC1CCN(Cc2ccccc2)C(C)C1.I. The van der Waals surface area contributed by atoms with Crippen molar-refractivity contribution in [2.75, 3.05) is 34.2 Å². The molecule has 166 valence electrons. The summed E-state index contributed by atoms with van der Waals surface area (Å²) in [6.45, 7) is 5.33. The van der Waals surface area contributed by atoms with Crippen LogP contribution in [0.1, 0.15) is 36.2 Å². The number of nitrogens with zero attached hydrogens (tertiary/aromatic N) is 3. The van der Waals surface area contributed by atoms with E-state index in [1.165, 1.54) is 10.4 Å². The molecule has 0 bridgehead atoms. The van der Waals surface area contributed by atoms with Crippen molar-refractivity contribution in [3.8, 4) is 0 Å². The number of thiophene rings is 1. The fourth-order valence-electron chi connectivity index (χ4n) is 4.00. The molecule has 1 aliphatic rings. The smallest absolute Gasteiger partial charge is 0.191 e. The Bertz CT molecular complexity index is 750. The van der Waals surface area contributed by atoms with Crippen LogP contribution < -0.4 is 10.6 Å². The van der Waals surface area contributed by atoms with Crippen molar-refractivity contribution in [3.05, 3.63) is 58.3 Å². The van der Waals surface area contributed by atoms with Crippen molar-refractivity contribution in [1.29, 1.82) is 0 Å². The number of piperidine rings is 1. The van der Waals surface area contributed by atoms with Gasteiger partial charge in [0.2, 0.25) is 0 Å². The minimum atomic E-state index is 0. The first-order valence-electron chi connectivity index (χ1n) is 10.5. The quantitative estimate of drug-likeness (QED) is 0.314. The molecule has 0 aliphatic carbocycles. The van der Waals surface area contributed by atoms with E-state index in [0.717, 1.165) is 38.4 Å². The predicted octanol–water partition coefficient (Wildman–Crippen LogP) is 4.19. The maximum atomic E-state index is 4.47. The van der Waals surface area contributed by atoms with E-state index >= 15 is 0 Å². The van der Waals surface area contributed by atoms with Gasteiger partial charge < -0.3 is 15.5 Å². The molecule has 1 fully saturated rings. The molecule has 1 aliphatic heterocycles. The Morgan fingerprint density at radius 2 is 2.00 bits per heavy atom.